The Bertz CT molecular complexity index is 1170. The molecule has 178 valence electrons. The first-order chi connectivity index (χ1) is 15.8. The van der Waals surface area contributed by atoms with Crippen LogP contribution in [0.4, 0.5) is 5.95 Å². The lowest BCUT2D eigenvalue weighted by molar-refractivity contribution is -0.0839. The van der Waals surface area contributed by atoms with Crippen LogP contribution in [0.3, 0.4) is 0 Å². The van der Waals surface area contributed by atoms with Crippen LogP contribution in [-0.4, -0.2) is 62.3 Å². The Balaban J connectivity index is 1.38. The molecule has 4 fully saturated rings. The fourth-order valence-electron chi connectivity index (χ4n) is 5.32. The van der Waals surface area contributed by atoms with Gasteiger partial charge < -0.3 is 15.2 Å². The van der Waals surface area contributed by atoms with Crippen LogP contribution < -0.4 is 10.5 Å². The summed E-state index contributed by atoms with van der Waals surface area (Å²) >= 11 is 0. The summed E-state index contributed by atoms with van der Waals surface area (Å²) in [5, 5.41) is 0. The van der Waals surface area contributed by atoms with Crippen LogP contribution in [0.2, 0.25) is 0 Å². The van der Waals surface area contributed by atoms with Gasteiger partial charge in [0.25, 0.3) is 0 Å². The molecule has 33 heavy (non-hydrogen) atoms. The number of rotatable bonds is 6. The minimum absolute atomic E-state index is 0.0490. The molecule has 2 N–H and O–H groups in total. The Morgan fingerprint density at radius 3 is 2.88 bits per heavy atom. The number of fused-ring (bicyclic) bond motifs is 1. The van der Waals surface area contributed by atoms with E-state index in [-0.39, 0.29) is 12.1 Å². The van der Waals surface area contributed by atoms with E-state index in [0.717, 1.165) is 25.7 Å². The smallest absolute Gasteiger partial charge is 0.475 e. The monoisotopic (exact) mass is 478 g/mol. The lowest BCUT2D eigenvalue weighted by Gasteiger charge is -2.36. The zero-order chi connectivity index (χ0) is 23.0. The van der Waals surface area contributed by atoms with Gasteiger partial charge in [-0.15, -0.1) is 0 Å². The van der Waals surface area contributed by atoms with Gasteiger partial charge in [-0.2, -0.15) is 9.97 Å². The SMILES string of the molecule is C=N[C@]1(C)[C@@H]2OP(=O)(OC3CCCC3)OC3CC32O[C@H]1n1cnc2c(OCC)nc(N)nc21. The number of hydrogen-bond acceptors (Lipinski definition) is 11. The van der Waals surface area contributed by atoms with Crippen molar-refractivity contribution in [1.82, 2.24) is 19.5 Å². The fourth-order valence-corrected chi connectivity index (χ4v) is 7.26. The quantitative estimate of drug-likeness (QED) is 0.486. The molecule has 0 radical (unpaired) electrons. The third-order valence-corrected chi connectivity index (χ3v) is 8.59. The molecule has 13 heteroatoms. The highest BCUT2D eigenvalue weighted by Crippen LogP contribution is 2.72. The van der Waals surface area contributed by atoms with Crippen molar-refractivity contribution >= 4 is 31.7 Å². The molecule has 0 bridgehead atoms. The largest absolute Gasteiger partial charge is 0.476 e. The number of imidazole rings is 1. The number of phosphoric acid groups is 1. The van der Waals surface area contributed by atoms with Crippen molar-refractivity contribution in [2.75, 3.05) is 12.3 Å². The van der Waals surface area contributed by atoms with E-state index in [1.807, 2.05) is 13.8 Å². The topological polar surface area (TPSA) is 145 Å². The molecule has 4 heterocycles. The van der Waals surface area contributed by atoms with Crippen LogP contribution in [0.15, 0.2) is 11.3 Å². The van der Waals surface area contributed by atoms with Crippen molar-refractivity contribution in [2.45, 2.75) is 81.6 Å². The first kappa shape index (κ1) is 21.4. The standard InChI is InChI=1S/C20H27N6O6P/c1-4-28-15-13-14(24-18(21)25-15)26(10-23-13)17-19(2,22-3)16-20(29-17)9-12(20)31-33(27,32-16)30-11-7-5-6-8-11/h10-12,16-17H,3-9H2,1-2H3,(H2,21,24,25)/t12?,16-,17+,19+,20?,33?/m0/s1. The van der Waals surface area contributed by atoms with Crippen molar-refractivity contribution < 1.29 is 27.6 Å². The summed E-state index contributed by atoms with van der Waals surface area (Å²) < 4.78 is 45.0. The fraction of sp³-hybridized carbons (Fsp3) is 0.700. The normalized spacial score (nSPS) is 40.0. The van der Waals surface area contributed by atoms with Crippen LogP contribution >= 0.6 is 7.82 Å². The number of nitrogens with zero attached hydrogens (tertiary/aromatic N) is 5. The molecule has 2 aliphatic heterocycles. The van der Waals surface area contributed by atoms with E-state index in [2.05, 4.69) is 26.7 Å². The first-order valence-corrected chi connectivity index (χ1v) is 12.7. The second-order valence-electron chi connectivity index (χ2n) is 9.20. The molecule has 6 atom stereocenters. The summed E-state index contributed by atoms with van der Waals surface area (Å²) in [4.78, 5) is 17.4. The van der Waals surface area contributed by atoms with Gasteiger partial charge in [-0.25, -0.2) is 9.55 Å². The number of nitrogens with two attached hydrogens (primary N) is 1. The Morgan fingerprint density at radius 2 is 2.15 bits per heavy atom. The number of ether oxygens (including phenoxy) is 2. The van der Waals surface area contributed by atoms with E-state index >= 15 is 0 Å². The molecule has 4 aliphatic rings. The molecule has 2 saturated heterocycles. The van der Waals surface area contributed by atoms with E-state index in [9.17, 15) is 4.57 Å². The Hall–Kier alpha value is -2.11. The molecule has 1 spiro atoms. The van der Waals surface area contributed by atoms with Gasteiger partial charge in [0.2, 0.25) is 11.8 Å². The summed E-state index contributed by atoms with van der Waals surface area (Å²) in [7, 11) is -3.78. The van der Waals surface area contributed by atoms with Crippen LogP contribution in [0.5, 0.6) is 5.88 Å². The predicted molar refractivity (Wildman–Crippen MR) is 117 cm³/mol. The highest BCUT2D eigenvalue weighted by atomic mass is 31.2. The number of anilines is 1. The lowest BCUT2D eigenvalue weighted by atomic mass is 9.91. The van der Waals surface area contributed by atoms with Gasteiger partial charge in [0, 0.05) is 6.42 Å². The molecule has 2 aromatic heterocycles. The Labute approximate surface area is 190 Å². The second-order valence-corrected chi connectivity index (χ2v) is 10.7. The maximum absolute atomic E-state index is 13.5. The highest BCUT2D eigenvalue weighted by molar-refractivity contribution is 7.48. The number of aliphatic imine (C=N–C) groups is 1. The second kappa shape index (κ2) is 7.19. The van der Waals surface area contributed by atoms with Crippen molar-refractivity contribution in [2.24, 2.45) is 4.99 Å². The van der Waals surface area contributed by atoms with Crippen LogP contribution in [0.25, 0.3) is 11.2 Å². The summed E-state index contributed by atoms with van der Waals surface area (Å²) in [6.07, 6.45) is 3.95. The van der Waals surface area contributed by atoms with Crippen molar-refractivity contribution in [3.63, 3.8) is 0 Å². The predicted octanol–water partition coefficient (Wildman–Crippen LogP) is 2.79. The van der Waals surface area contributed by atoms with Crippen LogP contribution in [0, 0.1) is 0 Å². The van der Waals surface area contributed by atoms with E-state index in [1.54, 1.807) is 10.9 Å². The molecule has 6 rings (SSSR count). The molecule has 2 saturated carbocycles. The Kier molecular flexibility index (Phi) is 4.67. The van der Waals surface area contributed by atoms with Crippen molar-refractivity contribution in [3.8, 4) is 5.88 Å². The zero-order valence-corrected chi connectivity index (χ0v) is 19.4. The molecule has 12 nitrogen and oxygen atoms in total. The summed E-state index contributed by atoms with van der Waals surface area (Å²) in [6, 6.07) is 0. The van der Waals surface area contributed by atoms with Crippen molar-refractivity contribution in [1.29, 1.82) is 0 Å². The molecule has 2 aliphatic carbocycles. The number of hydrogen-bond donors (Lipinski definition) is 1. The molecule has 0 amide bonds. The third kappa shape index (κ3) is 3.08. The summed E-state index contributed by atoms with van der Waals surface area (Å²) in [5.74, 6) is 0.340. The number of aromatic nitrogens is 4. The van der Waals surface area contributed by atoms with Gasteiger partial charge in [0.05, 0.1) is 19.0 Å². The van der Waals surface area contributed by atoms with Crippen molar-refractivity contribution in [3.05, 3.63) is 6.33 Å². The number of nitrogen functional groups attached to an aromatic ring is 1. The summed E-state index contributed by atoms with van der Waals surface area (Å²) in [6.45, 7) is 7.91. The van der Waals surface area contributed by atoms with E-state index in [0.29, 0.717) is 30.1 Å². The molecule has 0 aromatic carbocycles. The number of phosphoric ester groups is 1. The maximum atomic E-state index is 13.5. The Morgan fingerprint density at radius 1 is 1.36 bits per heavy atom. The van der Waals surface area contributed by atoms with Gasteiger partial charge in [-0.3, -0.25) is 23.1 Å². The van der Waals surface area contributed by atoms with E-state index < -0.39 is 37.4 Å². The van der Waals surface area contributed by atoms with Gasteiger partial charge in [-0.1, -0.05) is 12.8 Å². The van der Waals surface area contributed by atoms with Gasteiger partial charge in [0.15, 0.2) is 17.4 Å². The first-order valence-electron chi connectivity index (χ1n) is 11.3. The van der Waals surface area contributed by atoms with Crippen LogP contribution in [-0.2, 0) is 22.9 Å². The average molecular weight is 478 g/mol. The molecule has 2 aromatic rings. The average Bonchev–Trinajstić information content (AvgIpc) is 3.10. The lowest BCUT2D eigenvalue weighted by Crippen LogP contribution is -2.47. The minimum Gasteiger partial charge on any atom is -0.476 e. The minimum atomic E-state index is -3.78. The molecular weight excluding hydrogens is 451 g/mol. The van der Waals surface area contributed by atoms with Gasteiger partial charge in [-0.05, 0) is 33.4 Å². The third-order valence-electron chi connectivity index (χ3n) is 7.05. The van der Waals surface area contributed by atoms with Crippen LogP contribution in [0.1, 0.15) is 52.2 Å². The van der Waals surface area contributed by atoms with E-state index in [1.165, 1.54) is 0 Å². The zero-order valence-electron chi connectivity index (χ0n) is 18.5. The summed E-state index contributed by atoms with van der Waals surface area (Å²) in [5.41, 5.74) is 4.99. The highest BCUT2D eigenvalue weighted by Gasteiger charge is 2.80. The van der Waals surface area contributed by atoms with Gasteiger partial charge in [0.1, 0.15) is 23.3 Å². The molecule has 3 unspecified atom stereocenters. The maximum Gasteiger partial charge on any atom is 0.475 e. The van der Waals surface area contributed by atoms with Gasteiger partial charge >= 0.3 is 7.82 Å². The molecular formula is C20H27N6O6P. The van der Waals surface area contributed by atoms with E-state index in [4.69, 9.17) is 28.8 Å².